The molecule has 19 heteroatoms. The van der Waals surface area contributed by atoms with Crippen molar-refractivity contribution in [1.82, 2.24) is 5.32 Å². The number of carboxylic acids is 3. The molecule has 256 valence electrons. The molecule has 0 amide bonds. The van der Waals surface area contributed by atoms with Crippen LogP contribution in [0.2, 0.25) is 0 Å². The van der Waals surface area contributed by atoms with Crippen molar-refractivity contribution < 1.29 is 69.1 Å². The van der Waals surface area contributed by atoms with E-state index >= 15 is 0 Å². The first kappa shape index (κ1) is 38.1. The summed E-state index contributed by atoms with van der Waals surface area (Å²) in [5.74, 6) is -5.02. The Labute approximate surface area is 253 Å². The van der Waals surface area contributed by atoms with Crippen LogP contribution in [-0.2, 0) is 33.3 Å². The van der Waals surface area contributed by atoms with Gasteiger partial charge in [-0.25, -0.2) is 4.79 Å². The molecule has 0 radical (unpaired) electrons. The highest BCUT2D eigenvalue weighted by molar-refractivity contribution is 5.88. The number of rotatable bonds is 11. The third kappa shape index (κ3) is 9.69. The van der Waals surface area contributed by atoms with Gasteiger partial charge in [-0.2, -0.15) is 0 Å². The van der Waals surface area contributed by atoms with Crippen LogP contribution in [0.3, 0.4) is 0 Å². The van der Waals surface area contributed by atoms with E-state index in [4.69, 9.17) is 62.3 Å². The number of carboxylic acid groups (broad SMARTS) is 3. The fourth-order valence-electron chi connectivity index (χ4n) is 5.41. The van der Waals surface area contributed by atoms with E-state index in [1.54, 1.807) is 14.0 Å². The summed E-state index contributed by atoms with van der Waals surface area (Å²) in [5, 5.41) is 68.8. The topological polar surface area (TPSA) is 346 Å². The van der Waals surface area contributed by atoms with Gasteiger partial charge >= 0.3 is 17.9 Å². The zero-order chi connectivity index (χ0) is 33.6. The number of carbonyl (C=O) groups is 3. The molecule has 3 rings (SSSR count). The van der Waals surface area contributed by atoms with Gasteiger partial charge in [0.15, 0.2) is 18.2 Å². The monoisotopic (exact) mass is 641 g/mol. The predicted molar refractivity (Wildman–Crippen MR) is 148 cm³/mol. The van der Waals surface area contributed by atoms with Crippen LogP contribution < -0.4 is 28.3 Å². The summed E-state index contributed by atoms with van der Waals surface area (Å²) < 4.78 is 23.3. The van der Waals surface area contributed by atoms with Gasteiger partial charge in [0.2, 0.25) is 0 Å². The summed E-state index contributed by atoms with van der Waals surface area (Å²) >= 11 is 0. The van der Waals surface area contributed by atoms with Crippen LogP contribution in [0.1, 0.15) is 39.0 Å². The normalized spacial score (nSPS) is 39.5. The Morgan fingerprint density at radius 1 is 0.932 bits per heavy atom. The number of ether oxygens (including phenoxy) is 4. The standard InChI is InChI=1S/C19H39N5O7.C6H8O7/c1-19(27)7-28-18(13(26)16(19)24-2)31-15-11(23)5-10(22)14(12(15)25)30-17-9(21)4-3-8(6-20)29-17;7-3(8)1-6(13,5(11)12)2-4(9)10/h8-18,24-27H,3-7,20-23H2,1-2H3;13H,1-2H2,(H,7,8)(H,9,10)(H,11,12)/t8-,9+,10-,11+,12+,13-,14+,15-,16+,17-,18+,19-;/m0./s1. The van der Waals surface area contributed by atoms with Gasteiger partial charge in [0.1, 0.15) is 30.0 Å². The zero-order valence-corrected chi connectivity index (χ0v) is 24.6. The minimum atomic E-state index is -2.74. The van der Waals surface area contributed by atoms with Gasteiger partial charge in [-0.1, -0.05) is 0 Å². The van der Waals surface area contributed by atoms with E-state index in [1.807, 2.05) is 0 Å². The average molecular weight is 642 g/mol. The average Bonchev–Trinajstić information content (AvgIpc) is 2.90. The van der Waals surface area contributed by atoms with Crippen molar-refractivity contribution in [1.29, 1.82) is 0 Å². The molecule has 0 spiro atoms. The molecule has 2 heterocycles. The molecule has 2 aliphatic heterocycles. The molecular weight excluding hydrogens is 594 g/mol. The molecule has 0 aromatic rings. The Balaban J connectivity index is 0.000000439. The second kappa shape index (κ2) is 15.9. The molecule has 1 saturated carbocycles. The molecule has 0 aromatic heterocycles. The largest absolute Gasteiger partial charge is 0.481 e. The highest BCUT2D eigenvalue weighted by Gasteiger charge is 2.51. The first-order valence-electron chi connectivity index (χ1n) is 14.1. The molecule has 0 unspecified atom stereocenters. The molecule has 19 nitrogen and oxygen atoms in total. The molecule has 1 aliphatic carbocycles. The number of hydrogen-bond acceptors (Lipinski definition) is 16. The van der Waals surface area contributed by atoms with E-state index in [0.717, 1.165) is 6.42 Å². The van der Waals surface area contributed by atoms with Crippen LogP contribution in [0.25, 0.3) is 0 Å². The van der Waals surface area contributed by atoms with Crippen molar-refractivity contribution in [3.05, 3.63) is 0 Å². The van der Waals surface area contributed by atoms with Crippen LogP contribution in [0.15, 0.2) is 0 Å². The lowest BCUT2D eigenvalue weighted by Crippen LogP contribution is -2.68. The highest BCUT2D eigenvalue weighted by Crippen LogP contribution is 2.31. The first-order valence-corrected chi connectivity index (χ1v) is 14.1. The van der Waals surface area contributed by atoms with Crippen molar-refractivity contribution in [2.24, 2.45) is 22.9 Å². The minimum Gasteiger partial charge on any atom is -0.481 e. The molecule has 44 heavy (non-hydrogen) atoms. The Bertz CT molecular complexity index is 960. The molecule has 3 aliphatic rings. The molecular formula is C25H47N5O14. The smallest absolute Gasteiger partial charge is 0.336 e. The van der Waals surface area contributed by atoms with Crippen molar-refractivity contribution in [3.8, 4) is 0 Å². The number of nitrogens with one attached hydrogen (secondary N) is 1. The van der Waals surface area contributed by atoms with Crippen LogP contribution in [0, 0.1) is 0 Å². The fraction of sp³-hybridized carbons (Fsp3) is 0.880. The summed E-state index contributed by atoms with van der Waals surface area (Å²) in [5.41, 5.74) is 20.3. The van der Waals surface area contributed by atoms with Crippen LogP contribution >= 0.6 is 0 Å². The predicted octanol–water partition coefficient (Wildman–Crippen LogP) is -5.23. The maximum absolute atomic E-state index is 11.0. The lowest BCUT2D eigenvalue weighted by molar-refractivity contribution is -0.306. The molecule has 3 fully saturated rings. The summed E-state index contributed by atoms with van der Waals surface area (Å²) in [4.78, 5) is 30.5. The van der Waals surface area contributed by atoms with Gasteiger partial charge in [0.05, 0.1) is 37.6 Å². The SMILES string of the molecule is CN[C@@H]1[C@H](O)[C@@H](O[C@@H]2[C@H](O)[C@H](O[C@@H]3O[C@H](CN)CC[C@H]3N)[C@@H](N)C[C@H]2N)OC[C@]1(C)O.O=C(O)CC(O)(CC(=O)O)C(=O)O. The number of likely N-dealkylation sites (N-methyl/N-ethyl adjacent to an activating group) is 1. The van der Waals surface area contributed by atoms with Crippen molar-refractivity contribution in [2.45, 2.75) is 117 Å². The van der Waals surface area contributed by atoms with Crippen LogP contribution in [0.4, 0.5) is 0 Å². The maximum atomic E-state index is 11.0. The number of hydrogen-bond donors (Lipinski definition) is 12. The summed E-state index contributed by atoms with van der Waals surface area (Å²) in [7, 11) is 1.62. The number of nitrogens with two attached hydrogens (primary N) is 4. The van der Waals surface area contributed by atoms with Gasteiger partial charge in [0.25, 0.3) is 0 Å². The van der Waals surface area contributed by atoms with Gasteiger partial charge in [-0.05, 0) is 33.2 Å². The minimum absolute atomic E-state index is 0.0665. The van der Waals surface area contributed by atoms with Gasteiger partial charge in [0, 0.05) is 18.6 Å². The van der Waals surface area contributed by atoms with Crippen LogP contribution in [0.5, 0.6) is 0 Å². The van der Waals surface area contributed by atoms with Crippen molar-refractivity contribution in [3.63, 3.8) is 0 Å². The molecule has 16 N–H and O–H groups in total. The molecule has 0 bridgehead atoms. The lowest BCUT2D eigenvalue weighted by atomic mass is 9.84. The van der Waals surface area contributed by atoms with E-state index < -0.39 is 97.1 Å². The number of aliphatic hydroxyl groups excluding tert-OH is 2. The second-order valence-corrected chi connectivity index (χ2v) is 11.6. The maximum Gasteiger partial charge on any atom is 0.336 e. The van der Waals surface area contributed by atoms with E-state index in [1.165, 1.54) is 0 Å². The van der Waals surface area contributed by atoms with Gasteiger partial charge in [-0.15, -0.1) is 0 Å². The Morgan fingerprint density at radius 3 is 1.91 bits per heavy atom. The van der Waals surface area contributed by atoms with Gasteiger partial charge in [-0.3, -0.25) is 9.59 Å². The third-order valence-corrected chi connectivity index (χ3v) is 7.83. The lowest BCUT2D eigenvalue weighted by Gasteiger charge is -2.48. The third-order valence-electron chi connectivity index (χ3n) is 7.83. The second-order valence-electron chi connectivity index (χ2n) is 11.6. The summed E-state index contributed by atoms with van der Waals surface area (Å²) in [6.45, 7) is 1.83. The molecule has 12 atom stereocenters. The number of aliphatic carboxylic acids is 3. The summed E-state index contributed by atoms with van der Waals surface area (Å²) in [6.07, 6.45) is -6.77. The Hall–Kier alpha value is -2.11. The zero-order valence-electron chi connectivity index (χ0n) is 24.6. The summed E-state index contributed by atoms with van der Waals surface area (Å²) in [6, 6.07) is -2.26. The van der Waals surface area contributed by atoms with Crippen molar-refractivity contribution >= 4 is 17.9 Å². The molecule has 2 saturated heterocycles. The number of aliphatic hydroxyl groups is 4. The van der Waals surface area contributed by atoms with E-state index in [0.29, 0.717) is 19.4 Å². The quantitative estimate of drug-likeness (QED) is 0.100. The molecule has 0 aromatic carbocycles. The van der Waals surface area contributed by atoms with E-state index in [-0.39, 0.29) is 18.8 Å². The Kier molecular flexibility index (Phi) is 13.8. The Morgan fingerprint density at radius 2 is 1.45 bits per heavy atom. The van der Waals surface area contributed by atoms with Crippen LogP contribution in [-0.4, -0.2) is 152 Å². The fourth-order valence-corrected chi connectivity index (χ4v) is 5.41. The van der Waals surface area contributed by atoms with Crippen molar-refractivity contribution in [2.75, 3.05) is 20.2 Å². The van der Waals surface area contributed by atoms with E-state index in [9.17, 15) is 29.7 Å². The highest BCUT2D eigenvalue weighted by atomic mass is 16.7. The first-order chi connectivity index (χ1) is 20.4. The van der Waals surface area contributed by atoms with Gasteiger partial charge < -0.3 is 82.9 Å². The van der Waals surface area contributed by atoms with E-state index in [2.05, 4.69) is 5.32 Å².